The molecule has 140 valence electrons. The average molecular weight is 369 g/mol. The molecule has 1 rings (SSSR count). The summed E-state index contributed by atoms with van der Waals surface area (Å²) < 4.78 is 4.84. The summed E-state index contributed by atoms with van der Waals surface area (Å²) in [6.45, 7) is 8.40. The highest BCUT2D eigenvalue weighted by atomic mass is 32.1. The molecular formula is C17H27N3O4S. The normalized spacial score (nSPS) is 10.6. The van der Waals surface area contributed by atoms with Gasteiger partial charge >= 0.3 is 5.97 Å². The summed E-state index contributed by atoms with van der Waals surface area (Å²) in [4.78, 5) is 41.7. The zero-order chi connectivity index (χ0) is 18.8. The first-order valence-electron chi connectivity index (χ1n) is 8.47. The van der Waals surface area contributed by atoms with E-state index in [0.717, 1.165) is 12.1 Å². The predicted molar refractivity (Wildman–Crippen MR) is 97.4 cm³/mol. The van der Waals surface area contributed by atoms with E-state index in [1.54, 1.807) is 6.92 Å². The van der Waals surface area contributed by atoms with Crippen molar-refractivity contribution in [2.75, 3.05) is 25.0 Å². The Morgan fingerprint density at radius 2 is 2.04 bits per heavy atom. The number of aromatic nitrogens is 1. The third-order valence-corrected chi connectivity index (χ3v) is 4.25. The Balaban J connectivity index is 2.59. The minimum atomic E-state index is -0.401. The molecule has 0 saturated carbocycles. The lowest BCUT2D eigenvalue weighted by Gasteiger charge is -2.23. The van der Waals surface area contributed by atoms with Crippen LogP contribution >= 0.6 is 11.3 Å². The molecule has 25 heavy (non-hydrogen) atoms. The molecule has 1 aromatic rings. The Bertz CT molecular complexity index is 586. The first-order valence-corrected chi connectivity index (χ1v) is 9.35. The predicted octanol–water partition coefficient (Wildman–Crippen LogP) is 2.61. The van der Waals surface area contributed by atoms with E-state index in [1.165, 1.54) is 16.2 Å². The van der Waals surface area contributed by atoms with E-state index in [0.29, 0.717) is 24.2 Å². The molecule has 0 aliphatic rings. The van der Waals surface area contributed by atoms with Gasteiger partial charge in [0.1, 0.15) is 0 Å². The molecule has 0 saturated heterocycles. The molecule has 7 nitrogen and oxygen atoms in total. The number of amides is 2. The molecule has 1 N–H and O–H groups in total. The van der Waals surface area contributed by atoms with Gasteiger partial charge in [-0.3, -0.25) is 14.4 Å². The fourth-order valence-electron chi connectivity index (χ4n) is 2.05. The molecule has 0 atom stereocenters. The van der Waals surface area contributed by atoms with Gasteiger partial charge in [-0.2, -0.15) is 0 Å². The van der Waals surface area contributed by atoms with Crippen LogP contribution in [0.15, 0.2) is 5.38 Å². The second-order valence-corrected chi connectivity index (χ2v) is 7.00. The van der Waals surface area contributed by atoms with Crippen LogP contribution in [0.5, 0.6) is 0 Å². The van der Waals surface area contributed by atoms with Crippen LogP contribution in [0.3, 0.4) is 0 Å². The molecule has 0 aliphatic heterocycles. The SMILES string of the molecule is CCOC(=O)CCC(=O)N(CCC(C)C)CC(=O)Nc1nc(C)cs1. The number of carbonyl (C=O) groups is 3. The number of aryl methyl sites for hydroxylation is 1. The van der Waals surface area contributed by atoms with Crippen molar-refractivity contribution in [2.24, 2.45) is 5.92 Å². The average Bonchev–Trinajstić information content (AvgIpc) is 2.94. The summed E-state index contributed by atoms with van der Waals surface area (Å²) in [5.74, 6) is -0.505. The van der Waals surface area contributed by atoms with Crippen LogP contribution in [0, 0.1) is 12.8 Å². The Morgan fingerprint density at radius 1 is 1.32 bits per heavy atom. The minimum absolute atomic E-state index is 0.0259. The van der Waals surface area contributed by atoms with E-state index in [1.807, 2.05) is 12.3 Å². The summed E-state index contributed by atoms with van der Waals surface area (Å²) in [5, 5.41) is 5.07. The second kappa shape index (κ2) is 10.8. The van der Waals surface area contributed by atoms with Gasteiger partial charge in [-0.25, -0.2) is 4.98 Å². The summed E-state index contributed by atoms with van der Waals surface area (Å²) in [7, 11) is 0. The van der Waals surface area contributed by atoms with Crippen molar-refractivity contribution < 1.29 is 19.1 Å². The lowest BCUT2D eigenvalue weighted by atomic mass is 10.1. The fraction of sp³-hybridized carbons (Fsp3) is 0.647. The molecule has 0 fully saturated rings. The maximum atomic E-state index is 12.4. The minimum Gasteiger partial charge on any atom is -0.466 e. The highest BCUT2D eigenvalue weighted by Gasteiger charge is 2.19. The molecule has 0 bridgehead atoms. The highest BCUT2D eigenvalue weighted by molar-refractivity contribution is 7.13. The standard InChI is InChI=1S/C17H27N3O4S/c1-5-24-16(23)7-6-15(22)20(9-8-12(2)3)10-14(21)19-17-18-13(4)11-25-17/h11-12H,5-10H2,1-4H3,(H,18,19,21). The molecule has 0 radical (unpaired) electrons. The van der Waals surface area contributed by atoms with Crippen LogP contribution in [-0.4, -0.2) is 47.4 Å². The third kappa shape index (κ3) is 8.62. The van der Waals surface area contributed by atoms with Crippen molar-refractivity contribution in [2.45, 2.75) is 47.0 Å². The summed E-state index contributed by atoms with van der Waals surface area (Å²) in [5.41, 5.74) is 0.836. The van der Waals surface area contributed by atoms with Gasteiger partial charge < -0.3 is 15.0 Å². The van der Waals surface area contributed by atoms with Crippen molar-refractivity contribution in [3.63, 3.8) is 0 Å². The van der Waals surface area contributed by atoms with E-state index in [9.17, 15) is 14.4 Å². The summed E-state index contributed by atoms with van der Waals surface area (Å²) >= 11 is 1.34. The number of hydrogen-bond donors (Lipinski definition) is 1. The zero-order valence-corrected chi connectivity index (χ0v) is 16.1. The largest absolute Gasteiger partial charge is 0.466 e. The van der Waals surface area contributed by atoms with Crippen LogP contribution in [0.25, 0.3) is 0 Å². The number of ether oxygens (including phenoxy) is 1. The number of esters is 1. The van der Waals surface area contributed by atoms with Gasteiger partial charge in [0, 0.05) is 18.3 Å². The van der Waals surface area contributed by atoms with Crippen molar-refractivity contribution in [1.29, 1.82) is 0 Å². The molecule has 0 aromatic carbocycles. The van der Waals surface area contributed by atoms with Crippen LogP contribution < -0.4 is 5.32 Å². The van der Waals surface area contributed by atoms with Gasteiger partial charge in [-0.15, -0.1) is 11.3 Å². The smallest absolute Gasteiger partial charge is 0.306 e. The van der Waals surface area contributed by atoms with Crippen molar-refractivity contribution in [1.82, 2.24) is 9.88 Å². The molecule has 1 aromatic heterocycles. The molecule has 2 amide bonds. The van der Waals surface area contributed by atoms with E-state index in [-0.39, 0.29) is 31.2 Å². The van der Waals surface area contributed by atoms with E-state index < -0.39 is 5.97 Å². The Kier molecular flexibility index (Phi) is 9.12. The zero-order valence-electron chi connectivity index (χ0n) is 15.3. The molecule has 0 spiro atoms. The van der Waals surface area contributed by atoms with Crippen molar-refractivity contribution in [3.05, 3.63) is 11.1 Å². The molecule has 0 aliphatic carbocycles. The fourth-order valence-corrected chi connectivity index (χ4v) is 2.75. The molecule has 1 heterocycles. The van der Waals surface area contributed by atoms with Gasteiger partial charge in [-0.1, -0.05) is 13.8 Å². The van der Waals surface area contributed by atoms with Crippen LogP contribution in [0.2, 0.25) is 0 Å². The van der Waals surface area contributed by atoms with Crippen LogP contribution in [-0.2, 0) is 19.1 Å². The summed E-state index contributed by atoms with van der Waals surface area (Å²) in [6, 6.07) is 0. The Morgan fingerprint density at radius 3 is 2.60 bits per heavy atom. The number of hydrogen-bond acceptors (Lipinski definition) is 6. The highest BCUT2D eigenvalue weighted by Crippen LogP contribution is 2.14. The van der Waals surface area contributed by atoms with Gasteiger partial charge in [-0.05, 0) is 26.2 Å². The maximum Gasteiger partial charge on any atom is 0.306 e. The van der Waals surface area contributed by atoms with Crippen molar-refractivity contribution in [3.8, 4) is 0 Å². The lowest BCUT2D eigenvalue weighted by Crippen LogP contribution is -2.39. The number of carbonyl (C=O) groups excluding carboxylic acids is 3. The molecule has 8 heteroatoms. The van der Waals surface area contributed by atoms with E-state index in [4.69, 9.17) is 4.74 Å². The first-order chi connectivity index (χ1) is 11.8. The quantitative estimate of drug-likeness (QED) is 0.641. The Labute approximate surface area is 152 Å². The monoisotopic (exact) mass is 369 g/mol. The maximum absolute atomic E-state index is 12.4. The number of nitrogens with zero attached hydrogens (tertiary/aromatic N) is 2. The van der Waals surface area contributed by atoms with Gasteiger partial charge in [0.25, 0.3) is 0 Å². The number of nitrogens with one attached hydrogen (secondary N) is 1. The Hall–Kier alpha value is -1.96. The number of thiazole rings is 1. The topological polar surface area (TPSA) is 88.6 Å². The third-order valence-electron chi connectivity index (χ3n) is 3.38. The van der Waals surface area contributed by atoms with Crippen LogP contribution in [0.4, 0.5) is 5.13 Å². The number of rotatable bonds is 10. The molecule has 0 unspecified atom stereocenters. The van der Waals surface area contributed by atoms with Gasteiger partial charge in [0.2, 0.25) is 11.8 Å². The number of anilines is 1. The van der Waals surface area contributed by atoms with Gasteiger partial charge in [0.15, 0.2) is 5.13 Å². The molecular weight excluding hydrogens is 342 g/mol. The van der Waals surface area contributed by atoms with Crippen molar-refractivity contribution >= 4 is 34.3 Å². The second-order valence-electron chi connectivity index (χ2n) is 6.15. The first kappa shape index (κ1) is 21.1. The lowest BCUT2D eigenvalue weighted by molar-refractivity contribution is -0.145. The summed E-state index contributed by atoms with van der Waals surface area (Å²) in [6.07, 6.45) is 0.855. The van der Waals surface area contributed by atoms with E-state index >= 15 is 0 Å². The van der Waals surface area contributed by atoms with E-state index in [2.05, 4.69) is 24.1 Å². The van der Waals surface area contributed by atoms with Crippen LogP contribution in [0.1, 0.15) is 45.7 Å². The van der Waals surface area contributed by atoms with Gasteiger partial charge in [0.05, 0.1) is 25.3 Å².